The van der Waals surface area contributed by atoms with E-state index in [1.54, 1.807) is 0 Å². The van der Waals surface area contributed by atoms with Gasteiger partial charge in [0.25, 0.3) is 0 Å². The summed E-state index contributed by atoms with van der Waals surface area (Å²) in [6, 6.07) is 0. The maximum Gasteiger partial charge on any atom is 0.330 e. The number of ketones is 1. The third-order valence-corrected chi connectivity index (χ3v) is 2.64. The lowest BCUT2D eigenvalue weighted by atomic mass is 10.1. The standard InChI is InChI=1S/C14H22O5/c1-18-13(16)9-7-5-3-4-6-8-12(15)10-11-14(17)19-2/h10-11H,3-9H2,1-2H3. The van der Waals surface area contributed by atoms with Gasteiger partial charge in [-0.05, 0) is 18.9 Å². The van der Waals surface area contributed by atoms with Crippen molar-refractivity contribution in [2.75, 3.05) is 14.2 Å². The highest BCUT2D eigenvalue weighted by molar-refractivity contribution is 5.95. The van der Waals surface area contributed by atoms with Crippen LogP contribution in [0.5, 0.6) is 0 Å². The molecule has 0 aliphatic heterocycles. The Morgan fingerprint density at radius 3 is 1.95 bits per heavy atom. The Labute approximate surface area is 114 Å². The first-order valence-corrected chi connectivity index (χ1v) is 6.45. The molecule has 108 valence electrons. The van der Waals surface area contributed by atoms with E-state index in [-0.39, 0.29) is 11.8 Å². The predicted octanol–water partition coefficient (Wildman–Crippen LogP) is 2.19. The summed E-state index contributed by atoms with van der Waals surface area (Å²) in [5.74, 6) is -0.765. The van der Waals surface area contributed by atoms with E-state index in [1.165, 1.54) is 20.3 Å². The zero-order valence-corrected chi connectivity index (χ0v) is 11.6. The normalized spacial score (nSPS) is 10.4. The van der Waals surface area contributed by atoms with E-state index in [2.05, 4.69) is 9.47 Å². The maximum absolute atomic E-state index is 11.3. The molecule has 0 amide bonds. The van der Waals surface area contributed by atoms with Gasteiger partial charge in [-0.15, -0.1) is 0 Å². The lowest BCUT2D eigenvalue weighted by Crippen LogP contribution is -1.99. The monoisotopic (exact) mass is 270 g/mol. The van der Waals surface area contributed by atoms with E-state index < -0.39 is 5.97 Å². The van der Waals surface area contributed by atoms with Gasteiger partial charge >= 0.3 is 11.9 Å². The number of hydrogen-bond donors (Lipinski definition) is 0. The third-order valence-electron chi connectivity index (χ3n) is 2.64. The maximum atomic E-state index is 11.3. The van der Waals surface area contributed by atoms with Crippen molar-refractivity contribution in [3.05, 3.63) is 12.2 Å². The van der Waals surface area contributed by atoms with Gasteiger partial charge in [-0.1, -0.05) is 19.3 Å². The van der Waals surface area contributed by atoms with Gasteiger partial charge in [0.1, 0.15) is 0 Å². The van der Waals surface area contributed by atoms with Gasteiger partial charge in [0.2, 0.25) is 0 Å². The van der Waals surface area contributed by atoms with Crippen molar-refractivity contribution >= 4 is 17.7 Å². The molecule has 0 saturated carbocycles. The Kier molecular flexibility index (Phi) is 10.4. The van der Waals surface area contributed by atoms with Crippen LogP contribution in [0.2, 0.25) is 0 Å². The van der Waals surface area contributed by atoms with Crippen molar-refractivity contribution in [1.29, 1.82) is 0 Å². The van der Waals surface area contributed by atoms with Gasteiger partial charge < -0.3 is 9.47 Å². The second kappa shape index (κ2) is 11.4. The summed E-state index contributed by atoms with van der Waals surface area (Å²) in [6.45, 7) is 0. The molecule has 0 fully saturated rings. The first-order chi connectivity index (χ1) is 9.10. The van der Waals surface area contributed by atoms with Crippen molar-refractivity contribution in [1.82, 2.24) is 0 Å². The van der Waals surface area contributed by atoms with Crippen LogP contribution < -0.4 is 0 Å². The molecule has 0 atom stereocenters. The largest absolute Gasteiger partial charge is 0.469 e. The number of ether oxygens (including phenoxy) is 2. The van der Waals surface area contributed by atoms with Crippen molar-refractivity contribution < 1.29 is 23.9 Å². The Hall–Kier alpha value is -1.65. The van der Waals surface area contributed by atoms with Crippen molar-refractivity contribution in [2.24, 2.45) is 0 Å². The Morgan fingerprint density at radius 2 is 1.37 bits per heavy atom. The number of rotatable bonds is 10. The topological polar surface area (TPSA) is 69.7 Å². The Morgan fingerprint density at radius 1 is 0.789 bits per heavy atom. The molecule has 0 bridgehead atoms. The fourth-order valence-electron chi connectivity index (χ4n) is 1.51. The van der Waals surface area contributed by atoms with E-state index in [0.29, 0.717) is 12.8 Å². The molecule has 0 aliphatic rings. The van der Waals surface area contributed by atoms with Crippen LogP contribution in [-0.2, 0) is 23.9 Å². The van der Waals surface area contributed by atoms with E-state index in [1.807, 2.05) is 0 Å². The number of unbranched alkanes of at least 4 members (excludes halogenated alkanes) is 4. The highest BCUT2D eigenvalue weighted by Gasteiger charge is 2.01. The Bertz CT molecular complexity index is 320. The molecule has 0 aliphatic carbocycles. The summed E-state index contributed by atoms with van der Waals surface area (Å²) < 4.78 is 8.92. The van der Waals surface area contributed by atoms with E-state index in [9.17, 15) is 14.4 Å². The van der Waals surface area contributed by atoms with E-state index in [4.69, 9.17) is 0 Å². The van der Waals surface area contributed by atoms with Crippen LogP contribution in [0.15, 0.2) is 12.2 Å². The Balaban J connectivity index is 3.44. The lowest BCUT2D eigenvalue weighted by Gasteiger charge is -2.00. The molecule has 0 unspecified atom stereocenters. The minimum absolute atomic E-state index is 0.0695. The number of methoxy groups -OCH3 is 2. The molecule has 0 rings (SSSR count). The van der Waals surface area contributed by atoms with E-state index in [0.717, 1.165) is 38.2 Å². The molecule has 0 aromatic carbocycles. The second-order valence-corrected chi connectivity index (χ2v) is 4.17. The summed E-state index contributed by atoms with van der Waals surface area (Å²) in [5, 5.41) is 0. The molecule has 19 heavy (non-hydrogen) atoms. The van der Waals surface area contributed by atoms with Crippen LogP contribution in [0, 0.1) is 0 Å². The van der Waals surface area contributed by atoms with Crippen molar-refractivity contribution in [3.63, 3.8) is 0 Å². The summed E-state index contributed by atoms with van der Waals surface area (Å²) in [5.41, 5.74) is 0. The van der Waals surface area contributed by atoms with Gasteiger partial charge in [0.15, 0.2) is 5.78 Å². The molecule has 5 nitrogen and oxygen atoms in total. The van der Waals surface area contributed by atoms with Gasteiger partial charge in [-0.3, -0.25) is 9.59 Å². The molecule has 0 spiro atoms. The highest BCUT2D eigenvalue weighted by Crippen LogP contribution is 2.08. The van der Waals surface area contributed by atoms with E-state index >= 15 is 0 Å². The summed E-state index contributed by atoms with van der Waals surface area (Å²) >= 11 is 0. The smallest absolute Gasteiger partial charge is 0.330 e. The fourth-order valence-corrected chi connectivity index (χ4v) is 1.51. The molecular formula is C14H22O5. The molecular weight excluding hydrogens is 248 g/mol. The quantitative estimate of drug-likeness (QED) is 0.346. The molecule has 0 heterocycles. The van der Waals surface area contributed by atoms with Crippen LogP contribution in [0.4, 0.5) is 0 Å². The summed E-state index contributed by atoms with van der Waals surface area (Å²) in [4.78, 5) is 32.9. The molecule has 0 aromatic rings. The average molecular weight is 270 g/mol. The SMILES string of the molecule is COC(=O)C=CC(=O)CCCCCCCC(=O)OC. The van der Waals surface area contributed by atoms with Gasteiger partial charge in [0, 0.05) is 18.9 Å². The predicted molar refractivity (Wildman–Crippen MR) is 70.5 cm³/mol. The third kappa shape index (κ3) is 11.2. The molecule has 0 saturated heterocycles. The summed E-state index contributed by atoms with van der Waals surface area (Å²) in [7, 11) is 2.65. The van der Waals surface area contributed by atoms with Crippen molar-refractivity contribution in [3.8, 4) is 0 Å². The average Bonchev–Trinajstić information content (AvgIpc) is 2.43. The van der Waals surface area contributed by atoms with Crippen molar-refractivity contribution in [2.45, 2.75) is 44.9 Å². The summed E-state index contributed by atoms with van der Waals surface area (Å²) in [6.07, 6.45) is 7.79. The minimum Gasteiger partial charge on any atom is -0.469 e. The number of carbonyl (C=O) groups is 3. The number of allylic oxidation sites excluding steroid dienone is 1. The zero-order chi connectivity index (χ0) is 14.5. The number of carbonyl (C=O) groups excluding carboxylic acids is 3. The van der Waals surface area contributed by atoms with Crippen LogP contribution in [0.1, 0.15) is 44.9 Å². The first kappa shape index (κ1) is 17.4. The zero-order valence-electron chi connectivity index (χ0n) is 11.6. The lowest BCUT2D eigenvalue weighted by molar-refractivity contribution is -0.140. The molecule has 5 heteroatoms. The van der Waals surface area contributed by atoms with Crippen LogP contribution in [0.25, 0.3) is 0 Å². The van der Waals surface area contributed by atoms with Gasteiger partial charge in [-0.2, -0.15) is 0 Å². The van der Waals surface area contributed by atoms with Crippen LogP contribution in [-0.4, -0.2) is 31.9 Å². The molecule has 0 N–H and O–H groups in total. The highest BCUT2D eigenvalue weighted by atomic mass is 16.5. The van der Waals surface area contributed by atoms with Crippen LogP contribution in [0.3, 0.4) is 0 Å². The molecule has 0 radical (unpaired) electrons. The second-order valence-electron chi connectivity index (χ2n) is 4.17. The number of esters is 2. The minimum atomic E-state index is -0.517. The van der Waals surface area contributed by atoms with Crippen LogP contribution >= 0.6 is 0 Å². The number of hydrogen-bond acceptors (Lipinski definition) is 5. The molecule has 0 aromatic heterocycles. The fraction of sp³-hybridized carbons (Fsp3) is 0.643. The first-order valence-electron chi connectivity index (χ1n) is 6.45. The van der Waals surface area contributed by atoms with Gasteiger partial charge in [0.05, 0.1) is 14.2 Å². The van der Waals surface area contributed by atoms with Gasteiger partial charge in [-0.25, -0.2) is 4.79 Å².